The molecular formula is C22H24N2. The highest BCUT2D eigenvalue weighted by molar-refractivity contribution is 5.90. The smallest absolute Gasteiger partial charge is 0.0629 e. The topological polar surface area (TPSA) is 38.0 Å². The van der Waals surface area contributed by atoms with Gasteiger partial charge in [-0.25, -0.2) is 0 Å². The minimum atomic E-state index is 0.817. The van der Waals surface area contributed by atoms with Crippen molar-refractivity contribution in [1.29, 1.82) is 0 Å². The van der Waals surface area contributed by atoms with E-state index in [9.17, 15) is 0 Å². The molecule has 0 fully saturated rings. The average molecular weight is 316 g/mol. The summed E-state index contributed by atoms with van der Waals surface area (Å²) in [5.41, 5.74) is 12.9. The Labute approximate surface area is 144 Å². The zero-order valence-corrected chi connectivity index (χ0v) is 14.1. The third kappa shape index (κ3) is 3.60. The first-order valence-corrected chi connectivity index (χ1v) is 8.58. The number of anilines is 2. The van der Waals surface area contributed by atoms with Crippen LogP contribution in [0.25, 0.3) is 22.3 Å². The van der Waals surface area contributed by atoms with E-state index in [1.54, 1.807) is 0 Å². The molecule has 122 valence electrons. The molecule has 0 radical (unpaired) electrons. The van der Waals surface area contributed by atoms with Crippen molar-refractivity contribution in [3.63, 3.8) is 0 Å². The molecule has 0 aliphatic heterocycles. The fourth-order valence-electron chi connectivity index (χ4n) is 2.85. The van der Waals surface area contributed by atoms with Crippen molar-refractivity contribution in [3.05, 3.63) is 72.8 Å². The van der Waals surface area contributed by atoms with Gasteiger partial charge in [0.2, 0.25) is 0 Å². The summed E-state index contributed by atoms with van der Waals surface area (Å²) in [4.78, 5) is 0. The highest BCUT2D eigenvalue weighted by Crippen LogP contribution is 2.37. The van der Waals surface area contributed by atoms with Crippen LogP contribution in [0.2, 0.25) is 0 Å². The quantitative estimate of drug-likeness (QED) is 0.444. The number of hydrogen-bond donors (Lipinski definition) is 2. The van der Waals surface area contributed by atoms with Gasteiger partial charge < -0.3 is 11.1 Å². The van der Waals surface area contributed by atoms with Gasteiger partial charge in [-0.3, -0.25) is 0 Å². The van der Waals surface area contributed by atoms with E-state index >= 15 is 0 Å². The van der Waals surface area contributed by atoms with Gasteiger partial charge in [-0.15, -0.1) is 0 Å². The van der Waals surface area contributed by atoms with Gasteiger partial charge >= 0.3 is 0 Å². The third-order valence-electron chi connectivity index (χ3n) is 4.22. The number of hydrogen-bond acceptors (Lipinski definition) is 2. The first-order chi connectivity index (χ1) is 11.8. The van der Waals surface area contributed by atoms with Crippen molar-refractivity contribution in [2.45, 2.75) is 19.8 Å². The van der Waals surface area contributed by atoms with Crippen LogP contribution < -0.4 is 11.1 Å². The van der Waals surface area contributed by atoms with Crippen molar-refractivity contribution in [3.8, 4) is 22.3 Å². The Morgan fingerprint density at radius 1 is 0.792 bits per heavy atom. The highest BCUT2D eigenvalue weighted by Gasteiger charge is 2.11. The largest absolute Gasteiger partial charge is 0.397 e. The van der Waals surface area contributed by atoms with Gasteiger partial charge in [0.05, 0.1) is 11.4 Å². The molecule has 0 bridgehead atoms. The van der Waals surface area contributed by atoms with Gasteiger partial charge in [-0.2, -0.15) is 0 Å². The second kappa shape index (κ2) is 7.69. The van der Waals surface area contributed by atoms with Crippen LogP contribution in [0.1, 0.15) is 19.8 Å². The molecule has 0 aliphatic rings. The van der Waals surface area contributed by atoms with Crippen LogP contribution in [0.3, 0.4) is 0 Å². The summed E-state index contributed by atoms with van der Waals surface area (Å²) >= 11 is 0. The summed E-state index contributed by atoms with van der Waals surface area (Å²) < 4.78 is 0. The Hall–Kier alpha value is -2.74. The van der Waals surface area contributed by atoms with Gasteiger partial charge in [0.25, 0.3) is 0 Å². The predicted octanol–water partition coefficient (Wildman–Crippen LogP) is 5.81. The molecule has 3 rings (SSSR count). The summed E-state index contributed by atoms with van der Waals surface area (Å²) in [7, 11) is 0. The number of nitrogen functional groups attached to an aromatic ring is 1. The van der Waals surface area contributed by atoms with Crippen molar-refractivity contribution < 1.29 is 0 Å². The van der Waals surface area contributed by atoms with Crippen LogP contribution in [-0.2, 0) is 0 Å². The van der Waals surface area contributed by atoms with E-state index < -0.39 is 0 Å². The minimum Gasteiger partial charge on any atom is -0.397 e. The molecular weight excluding hydrogens is 292 g/mol. The van der Waals surface area contributed by atoms with Crippen molar-refractivity contribution in [2.75, 3.05) is 17.6 Å². The Kier molecular flexibility index (Phi) is 5.17. The van der Waals surface area contributed by atoms with Gasteiger partial charge in [0.15, 0.2) is 0 Å². The lowest BCUT2D eigenvalue weighted by Gasteiger charge is -2.16. The summed E-state index contributed by atoms with van der Waals surface area (Å²) in [5, 5.41) is 3.51. The Balaban J connectivity index is 2.08. The summed E-state index contributed by atoms with van der Waals surface area (Å²) in [6, 6.07) is 25.1. The van der Waals surface area contributed by atoms with Crippen LogP contribution in [0.5, 0.6) is 0 Å². The monoisotopic (exact) mass is 316 g/mol. The molecule has 0 spiro atoms. The van der Waals surface area contributed by atoms with E-state index in [4.69, 9.17) is 5.73 Å². The molecule has 2 heteroatoms. The standard InChI is InChI=1S/C22H24N2/c1-2-3-14-24-21-16-19(17-10-6-4-7-11-17)15-20(22(21)23)18-12-8-5-9-13-18/h4-13,15-16,24H,2-3,14,23H2,1H3. The molecule has 0 unspecified atom stereocenters. The van der Waals surface area contributed by atoms with E-state index in [2.05, 4.69) is 60.8 Å². The molecule has 24 heavy (non-hydrogen) atoms. The molecule has 0 heterocycles. The van der Waals surface area contributed by atoms with Gasteiger partial charge in [0, 0.05) is 12.1 Å². The maximum Gasteiger partial charge on any atom is 0.0629 e. The van der Waals surface area contributed by atoms with E-state index in [0.29, 0.717) is 0 Å². The van der Waals surface area contributed by atoms with E-state index in [1.165, 1.54) is 11.1 Å². The van der Waals surface area contributed by atoms with Crippen LogP contribution in [0.15, 0.2) is 72.8 Å². The minimum absolute atomic E-state index is 0.817. The van der Waals surface area contributed by atoms with E-state index in [-0.39, 0.29) is 0 Å². The van der Waals surface area contributed by atoms with Crippen LogP contribution in [0, 0.1) is 0 Å². The maximum atomic E-state index is 6.48. The summed E-state index contributed by atoms with van der Waals surface area (Å²) in [6.07, 6.45) is 2.30. The van der Waals surface area contributed by atoms with Crippen LogP contribution in [0.4, 0.5) is 11.4 Å². The maximum absolute atomic E-state index is 6.48. The first kappa shape index (κ1) is 16.1. The first-order valence-electron chi connectivity index (χ1n) is 8.58. The molecule has 3 aromatic rings. The SMILES string of the molecule is CCCCNc1cc(-c2ccccc2)cc(-c2ccccc2)c1N. The number of nitrogens with two attached hydrogens (primary N) is 1. The molecule has 0 amide bonds. The molecule has 3 N–H and O–H groups in total. The van der Waals surface area contributed by atoms with Crippen LogP contribution >= 0.6 is 0 Å². The number of nitrogens with one attached hydrogen (secondary N) is 1. The molecule has 2 nitrogen and oxygen atoms in total. The number of benzene rings is 3. The number of unbranched alkanes of at least 4 members (excludes halogenated alkanes) is 1. The lowest BCUT2D eigenvalue weighted by atomic mass is 9.96. The van der Waals surface area contributed by atoms with Gasteiger partial charge in [-0.1, -0.05) is 74.0 Å². The second-order valence-corrected chi connectivity index (χ2v) is 6.00. The molecule has 0 aromatic heterocycles. The Morgan fingerprint density at radius 3 is 2.04 bits per heavy atom. The average Bonchev–Trinajstić information content (AvgIpc) is 2.65. The molecule has 0 atom stereocenters. The van der Waals surface area contributed by atoms with Crippen molar-refractivity contribution in [1.82, 2.24) is 0 Å². The third-order valence-corrected chi connectivity index (χ3v) is 4.22. The lowest BCUT2D eigenvalue weighted by Crippen LogP contribution is -2.05. The predicted molar refractivity (Wildman–Crippen MR) is 105 cm³/mol. The zero-order chi connectivity index (χ0) is 16.8. The lowest BCUT2D eigenvalue weighted by molar-refractivity contribution is 0.834. The Morgan fingerprint density at radius 2 is 1.42 bits per heavy atom. The van der Waals surface area contributed by atoms with Crippen molar-refractivity contribution >= 4 is 11.4 Å². The van der Waals surface area contributed by atoms with E-state index in [1.807, 2.05) is 24.3 Å². The fraction of sp³-hybridized carbons (Fsp3) is 0.182. The van der Waals surface area contributed by atoms with Crippen LogP contribution in [-0.4, -0.2) is 6.54 Å². The van der Waals surface area contributed by atoms with E-state index in [0.717, 1.165) is 41.9 Å². The normalized spacial score (nSPS) is 10.5. The summed E-state index contributed by atoms with van der Waals surface area (Å²) in [5.74, 6) is 0. The van der Waals surface area contributed by atoms with Gasteiger partial charge in [0.1, 0.15) is 0 Å². The molecule has 0 aliphatic carbocycles. The van der Waals surface area contributed by atoms with Gasteiger partial charge in [-0.05, 0) is 35.2 Å². The fourth-order valence-corrected chi connectivity index (χ4v) is 2.85. The van der Waals surface area contributed by atoms with Crippen molar-refractivity contribution in [2.24, 2.45) is 0 Å². The number of rotatable bonds is 6. The Bertz CT molecular complexity index is 780. The second-order valence-electron chi connectivity index (χ2n) is 6.00. The zero-order valence-electron chi connectivity index (χ0n) is 14.1. The molecule has 0 saturated heterocycles. The molecule has 3 aromatic carbocycles. The summed E-state index contributed by atoms with van der Waals surface area (Å²) in [6.45, 7) is 3.13. The molecule has 0 saturated carbocycles. The highest BCUT2D eigenvalue weighted by atomic mass is 14.9.